The Labute approximate surface area is 216 Å². The molecule has 1 saturated heterocycles. The molecule has 0 saturated carbocycles. The van der Waals surface area contributed by atoms with E-state index in [4.69, 9.17) is 27.9 Å². The molecule has 0 spiro atoms. The first-order valence-corrected chi connectivity index (χ1v) is 12.2. The van der Waals surface area contributed by atoms with Crippen LogP contribution >= 0.6 is 35.0 Å². The van der Waals surface area contributed by atoms with Gasteiger partial charge in [-0.05, 0) is 66.7 Å². The number of likely N-dealkylation sites (N-methyl/N-ethyl adjacent to an activating group) is 1. The summed E-state index contributed by atoms with van der Waals surface area (Å²) in [6.45, 7) is 2.57. The summed E-state index contributed by atoms with van der Waals surface area (Å²) in [5, 5.41) is 10.7. The van der Waals surface area contributed by atoms with E-state index >= 15 is 0 Å². The van der Waals surface area contributed by atoms with Gasteiger partial charge in [0.1, 0.15) is 12.4 Å². The minimum Gasteiger partial charge on any atom is -0.488 e. The van der Waals surface area contributed by atoms with Gasteiger partial charge in [0.15, 0.2) is 5.17 Å². The molecule has 0 atom stereocenters. The normalized spacial score (nSPS) is 15.7. The van der Waals surface area contributed by atoms with E-state index in [9.17, 15) is 14.7 Å². The first-order valence-electron chi connectivity index (χ1n) is 10.6. The van der Waals surface area contributed by atoms with Crippen LogP contribution in [0.5, 0.6) is 5.75 Å². The number of aromatic carboxylic acids is 1. The van der Waals surface area contributed by atoms with Gasteiger partial charge in [0.2, 0.25) is 0 Å². The summed E-state index contributed by atoms with van der Waals surface area (Å²) < 4.78 is 6.01. The molecule has 6 nitrogen and oxygen atoms in total. The average molecular weight is 527 g/mol. The SMILES string of the molecule is CCN1C(=O)/C(=C\c2ccccc2OCc2ccc(Cl)c(Cl)c2)SC1=Nc1cccc(C(=O)O)c1. The number of carboxylic acids is 1. The van der Waals surface area contributed by atoms with E-state index in [1.54, 1.807) is 35.2 Å². The molecule has 9 heteroatoms. The summed E-state index contributed by atoms with van der Waals surface area (Å²) >= 11 is 13.3. The van der Waals surface area contributed by atoms with Gasteiger partial charge in [0.05, 0.1) is 26.2 Å². The van der Waals surface area contributed by atoms with Crippen molar-refractivity contribution in [2.24, 2.45) is 4.99 Å². The molecular weight excluding hydrogens is 507 g/mol. The molecule has 35 heavy (non-hydrogen) atoms. The van der Waals surface area contributed by atoms with Crippen molar-refractivity contribution < 1.29 is 19.4 Å². The van der Waals surface area contributed by atoms with Gasteiger partial charge in [0.25, 0.3) is 5.91 Å². The minimum absolute atomic E-state index is 0.132. The predicted octanol–water partition coefficient (Wildman–Crippen LogP) is 6.89. The maximum absolute atomic E-state index is 13.1. The number of hydrogen-bond acceptors (Lipinski definition) is 5. The maximum Gasteiger partial charge on any atom is 0.335 e. The number of aliphatic imine (C=N–C) groups is 1. The van der Waals surface area contributed by atoms with Crippen molar-refractivity contribution in [1.29, 1.82) is 0 Å². The van der Waals surface area contributed by atoms with Gasteiger partial charge in [-0.2, -0.15) is 0 Å². The summed E-state index contributed by atoms with van der Waals surface area (Å²) in [6, 6.07) is 19.0. The summed E-state index contributed by atoms with van der Waals surface area (Å²) in [5.41, 5.74) is 2.20. The quantitative estimate of drug-likeness (QED) is 0.339. The van der Waals surface area contributed by atoms with Crippen LogP contribution in [0.15, 0.2) is 76.6 Å². The molecule has 0 aliphatic carbocycles. The van der Waals surface area contributed by atoms with Gasteiger partial charge in [-0.25, -0.2) is 9.79 Å². The third kappa shape index (κ3) is 5.88. The number of ether oxygens (including phenoxy) is 1. The Balaban J connectivity index is 1.59. The van der Waals surface area contributed by atoms with Crippen LogP contribution in [0.25, 0.3) is 6.08 Å². The van der Waals surface area contributed by atoms with E-state index in [2.05, 4.69) is 4.99 Å². The van der Waals surface area contributed by atoms with Crippen molar-refractivity contribution in [3.8, 4) is 5.75 Å². The average Bonchev–Trinajstić information content (AvgIpc) is 3.14. The van der Waals surface area contributed by atoms with Crippen LogP contribution in [0.2, 0.25) is 10.0 Å². The Morgan fingerprint density at radius 2 is 1.89 bits per heavy atom. The van der Waals surface area contributed by atoms with Crippen molar-refractivity contribution in [3.05, 3.63) is 98.4 Å². The highest BCUT2D eigenvalue weighted by Gasteiger charge is 2.32. The molecule has 0 bridgehead atoms. The van der Waals surface area contributed by atoms with Crippen LogP contribution in [-0.2, 0) is 11.4 Å². The molecule has 1 aliphatic heterocycles. The number of hydrogen-bond donors (Lipinski definition) is 1. The number of amides is 1. The first kappa shape index (κ1) is 24.9. The predicted molar refractivity (Wildman–Crippen MR) is 141 cm³/mol. The molecule has 1 N–H and O–H groups in total. The van der Waals surface area contributed by atoms with Gasteiger partial charge in [0, 0.05) is 12.1 Å². The number of thioether (sulfide) groups is 1. The van der Waals surface area contributed by atoms with E-state index in [-0.39, 0.29) is 18.1 Å². The van der Waals surface area contributed by atoms with E-state index in [0.29, 0.717) is 38.1 Å². The highest BCUT2D eigenvalue weighted by Crippen LogP contribution is 2.35. The lowest BCUT2D eigenvalue weighted by Gasteiger charge is -2.12. The first-order chi connectivity index (χ1) is 16.9. The fraction of sp³-hybridized carbons (Fsp3) is 0.115. The Kier molecular flexibility index (Phi) is 7.80. The van der Waals surface area contributed by atoms with Crippen LogP contribution in [-0.4, -0.2) is 33.6 Å². The Morgan fingerprint density at radius 1 is 1.09 bits per heavy atom. The minimum atomic E-state index is -1.03. The van der Waals surface area contributed by atoms with Crippen molar-refractivity contribution in [2.45, 2.75) is 13.5 Å². The van der Waals surface area contributed by atoms with Gasteiger partial charge in [-0.3, -0.25) is 9.69 Å². The zero-order chi connectivity index (χ0) is 24.9. The molecule has 1 amide bonds. The van der Waals surface area contributed by atoms with E-state index < -0.39 is 5.97 Å². The number of amidine groups is 1. The second-order valence-electron chi connectivity index (χ2n) is 7.48. The van der Waals surface area contributed by atoms with E-state index in [0.717, 1.165) is 11.1 Å². The number of carbonyl (C=O) groups excluding carboxylic acids is 1. The van der Waals surface area contributed by atoms with Crippen molar-refractivity contribution in [1.82, 2.24) is 4.90 Å². The molecule has 4 rings (SSSR count). The number of carboxylic acid groups (broad SMARTS) is 1. The second kappa shape index (κ2) is 11.0. The number of benzene rings is 3. The molecule has 1 fully saturated rings. The lowest BCUT2D eigenvalue weighted by molar-refractivity contribution is -0.122. The molecule has 1 aliphatic rings. The molecule has 178 valence electrons. The van der Waals surface area contributed by atoms with E-state index in [1.165, 1.54) is 23.9 Å². The maximum atomic E-state index is 13.1. The monoisotopic (exact) mass is 526 g/mol. The summed E-state index contributed by atoms with van der Waals surface area (Å²) in [5.74, 6) is -0.598. The second-order valence-corrected chi connectivity index (χ2v) is 9.31. The number of rotatable bonds is 7. The fourth-order valence-electron chi connectivity index (χ4n) is 3.35. The molecule has 3 aromatic rings. The number of para-hydroxylation sites is 1. The van der Waals surface area contributed by atoms with Crippen LogP contribution in [0.4, 0.5) is 5.69 Å². The van der Waals surface area contributed by atoms with Gasteiger partial charge < -0.3 is 9.84 Å². The largest absolute Gasteiger partial charge is 0.488 e. The van der Waals surface area contributed by atoms with Gasteiger partial charge in [-0.15, -0.1) is 0 Å². The lowest BCUT2D eigenvalue weighted by Crippen LogP contribution is -2.28. The van der Waals surface area contributed by atoms with Crippen LogP contribution < -0.4 is 4.74 Å². The standard InChI is InChI=1S/C26H20Cl2N2O4S/c1-2-30-24(31)23(35-26(30)29-19-8-5-7-18(13-19)25(32)33)14-17-6-3-4-9-22(17)34-15-16-10-11-20(27)21(28)12-16/h3-14H,2,15H2,1H3,(H,32,33)/b23-14+,29-26?. The number of halogens is 2. The lowest BCUT2D eigenvalue weighted by atomic mass is 10.1. The summed E-state index contributed by atoms with van der Waals surface area (Å²) in [6.07, 6.45) is 1.77. The van der Waals surface area contributed by atoms with Crippen LogP contribution in [0.3, 0.4) is 0 Å². The zero-order valence-electron chi connectivity index (χ0n) is 18.6. The summed E-state index contributed by atoms with van der Waals surface area (Å²) in [4.78, 5) is 30.9. The van der Waals surface area contributed by atoms with Crippen LogP contribution in [0.1, 0.15) is 28.4 Å². The molecule has 0 unspecified atom stereocenters. The van der Waals surface area contributed by atoms with Crippen molar-refractivity contribution in [3.63, 3.8) is 0 Å². The van der Waals surface area contributed by atoms with Gasteiger partial charge >= 0.3 is 5.97 Å². The number of nitrogens with zero attached hydrogens (tertiary/aromatic N) is 2. The third-order valence-corrected chi connectivity index (χ3v) is 6.85. The van der Waals surface area contributed by atoms with E-state index in [1.807, 2.05) is 37.3 Å². The Hall–Kier alpha value is -3.26. The van der Waals surface area contributed by atoms with Crippen molar-refractivity contribution >= 4 is 63.8 Å². The van der Waals surface area contributed by atoms with Crippen molar-refractivity contribution in [2.75, 3.05) is 6.54 Å². The highest BCUT2D eigenvalue weighted by molar-refractivity contribution is 8.18. The number of carbonyl (C=O) groups is 2. The van der Waals surface area contributed by atoms with Gasteiger partial charge in [-0.1, -0.05) is 53.5 Å². The molecule has 3 aromatic carbocycles. The highest BCUT2D eigenvalue weighted by atomic mass is 35.5. The van der Waals surface area contributed by atoms with Crippen LogP contribution in [0, 0.1) is 0 Å². The zero-order valence-corrected chi connectivity index (χ0v) is 20.9. The molecule has 0 radical (unpaired) electrons. The summed E-state index contributed by atoms with van der Waals surface area (Å²) in [7, 11) is 0. The topological polar surface area (TPSA) is 79.2 Å². The molecule has 0 aromatic heterocycles. The fourth-order valence-corrected chi connectivity index (χ4v) is 4.73. The Bertz CT molecular complexity index is 1360. The Morgan fingerprint density at radius 3 is 2.63 bits per heavy atom. The molecular formula is C26H20Cl2N2O4S. The molecule has 1 heterocycles. The smallest absolute Gasteiger partial charge is 0.335 e. The third-order valence-electron chi connectivity index (χ3n) is 5.11.